The number of thiazole rings is 1. The van der Waals surface area contributed by atoms with Gasteiger partial charge in [0.2, 0.25) is 5.91 Å². The third-order valence-corrected chi connectivity index (χ3v) is 5.97. The number of aromatic nitrogens is 3. The Hall–Kier alpha value is -4.08. The van der Waals surface area contributed by atoms with Crippen LogP contribution in [0.15, 0.2) is 66.4 Å². The summed E-state index contributed by atoms with van der Waals surface area (Å²) in [6.45, 7) is 1.98. The third-order valence-electron chi connectivity index (χ3n) is 5.16. The highest BCUT2D eigenvalue weighted by atomic mass is 32.1. The summed E-state index contributed by atoms with van der Waals surface area (Å²) < 4.78 is 12.1. The van der Waals surface area contributed by atoms with Crippen LogP contribution in [-0.2, 0) is 9.53 Å². The molecule has 9 heteroatoms. The van der Waals surface area contributed by atoms with Crippen molar-refractivity contribution in [2.24, 2.45) is 0 Å². The molecule has 0 aliphatic rings. The molecule has 0 atom stereocenters. The quantitative estimate of drug-likeness (QED) is 0.316. The van der Waals surface area contributed by atoms with Crippen LogP contribution in [0.5, 0.6) is 11.5 Å². The number of methoxy groups -OCH3 is 1. The standard InChI is InChI=1S/C25H21N5O3S/c1-15-9-16(4-7-22(15)33-18-5-8-23-21(11-18)28-14-34-23)30-25-19-10-17(29-24(31)12-32-2)3-6-20(19)26-13-27-25/h3-11,13-14H,12H2,1-2H3,(H,29,31)(H,26,27,30). The van der Waals surface area contributed by atoms with E-state index in [9.17, 15) is 4.79 Å². The van der Waals surface area contributed by atoms with Gasteiger partial charge in [0.05, 0.1) is 21.2 Å². The number of aryl methyl sites for hydroxylation is 1. The number of rotatable bonds is 7. The summed E-state index contributed by atoms with van der Waals surface area (Å²) in [5, 5.41) is 6.94. The monoisotopic (exact) mass is 471 g/mol. The normalized spacial score (nSPS) is 11.0. The molecule has 5 aromatic rings. The molecule has 170 valence electrons. The molecule has 0 bridgehead atoms. The Labute approximate surface area is 199 Å². The summed E-state index contributed by atoms with van der Waals surface area (Å²) in [6.07, 6.45) is 1.51. The molecule has 0 radical (unpaired) electrons. The molecule has 2 N–H and O–H groups in total. The van der Waals surface area contributed by atoms with E-state index in [0.29, 0.717) is 11.5 Å². The molecule has 0 aliphatic heterocycles. The van der Waals surface area contributed by atoms with Crippen LogP contribution in [-0.4, -0.2) is 34.6 Å². The minimum atomic E-state index is -0.228. The van der Waals surface area contributed by atoms with Crippen molar-refractivity contribution < 1.29 is 14.3 Å². The van der Waals surface area contributed by atoms with Gasteiger partial charge < -0.3 is 20.1 Å². The maximum atomic E-state index is 11.9. The minimum absolute atomic E-state index is 0.0141. The summed E-state index contributed by atoms with van der Waals surface area (Å²) in [7, 11) is 1.48. The van der Waals surface area contributed by atoms with Crippen LogP contribution in [0.2, 0.25) is 0 Å². The Kier molecular flexibility index (Phi) is 6.03. The van der Waals surface area contributed by atoms with Gasteiger partial charge in [-0.15, -0.1) is 11.3 Å². The largest absolute Gasteiger partial charge is 0.457 e. The van der Waals surface area contributed by atoms with Crippen LogP contribution < -0.4 is 15.4 Å². The number of hydrogen-bond donors (Lipinski definition) is 2. The third kappa shape index (κ3) is 4.66. The van der Waals surface area contributed by atoms with Gasteiger partial charge >= 0.3 is 0 Å². The minimum Gasteiger partial charge on any atom is -0.457 e. The number of nitrogens with zero attached hydrogens (tertiary/aromatic N) is 3. The molecule has 8 nitrogen and oxygen atoms in total. The molecule has 0 spiro atoms. The molecule has 2 heterocycles. The fourth-order valence-corrected chi connectivity index (χ4v) is 4.23. The van der Waals surface area contributed by atoms with Crippen molar-refractivity contribution in [1.82, 2.24) is 15.0 Å². The van der Waals surface area contributed by atoms with Crippen LogP contribution >= 0.6 is 11.3 Å². The Morgan fingerprint density at radius 2 is 1.85 bits per heavy atom. The second-order valence-corrected chi connectivity index (χ2v) is 8.51. The van der Waals surface area contributed by atoms with E-state index in [-0.39, 0.29) is 12.5 Å². The number of anilines is 3. The summed E-state index contributed by atoms with van der Waals surface area (Å²) >= 11 is 1.60. The summed E-state index contributed by atoms with van der Waals surface area (Å²) in [4.78, 5) is 25.0. The van der Waals surface area contributed by atoms with Gasteiger partial charge in [0, 0.05) is 29.9 Å². The lowest BCUT2D eigenvalue weighted by molar-refractivity contribution is -0.119. The van der Waals surface area contributed by atoms with Gasteiger partial charge in [-0.05, 0) is 61.0 Å². The topological polar surface area (TPSA) is 98.3 Å². The van der Waals surface area contributed by atoms with E-state index in [1.165, 1.54) is 13.4 Å². The molecule has 0 fully saturated rings. The summed E-state index contributed by atoms with van der Waals surface area (Å²) in [5.41, 5.74) is 5.98. The van der Waals surface area contributed by atoms with Crippen LogP contribution in [0, 0.1) is 6.92 Å². The SMILES string of the molecule is COCC(=O)Nc1ccc2ncnc(Nc3ccc(Oc4ccc5scnc5c4)c(C)c3)c2c1. The van der Waals surface area contributed by atoms with Crippen LogP contribution in [0.3, 0.4) is 0 Å². The highest BCUT2D eigenvalue weighted by Gasteiger charge is 2.10. The fraction of sp³-hybridized carbons (Fsp3) is 0.120. The smallest absolute Gasteiger partial charge is 0.250 e. The van der Waals surface area contributed by atoms with E-state index in [1.807, 2.05) is 61.0 Å². The maximum absolute atomic E-state index is 11.9. The first kappa shape index (κ1) is 21.7. The van der Waals surface area contributed by atoms with E-state index in [1.54, 1.807) is 17.4 Å². The molecule has 0 saturated heterocycles. The van der Waals surface area contributed by atoms with Crippen molar-refractivity contribution in [3.05, 3.63) is 72.0 Å². The van der Waals surface area contributed by atoms with Crippen molar-refractivity contribution in [3.63, 3.8) is 0 Å². The van der Waals surface area contributed by atoms with Gasteiger partial charge in [0.25, 0.3) is 0 Å². The zero-order chi connectivity index (χ0) is 23.5. The fourth-order valence-electron chi connectivity index (χ4n) is 3.57. The molecular formula is C25H21N5O3S. The number of carbonyl (C=O) groups is 1. The van der Waals surface area contributed by atoms with E-state index in [2.05, 4.69) is 25.6 Å². The van der Waals surface area contributed by atoms with Crippen LogP contribution in [0.4, 0.5) is 17.2 Å². The van der Waals surface area contributed by atoms with Gasteiger partial charge in [-0.2, -0.15) is 0 Å². The molecule has 5 rings (SSSR count). The first-order valence-corrected chi connectivity index (χ1v) is 11.4. The number of amides is 1. The molecule has 2 aromatic heterocycles. The molecule has 3 aromatic carbocycles. The molecule has 34 heavy (non-hydrogen) atoms. The molecule has 0 saturated carbocycles. The van der Waals surface area contributed by atoms with Crippen molar-refractivity contribution in [3.8, 4) is 11.5 Å². The number of hydrogen-bond acceptors (Lipinski definition) is 8. The number of ether oxygens (including phenoxy) is 2. The van der Waals surface area contributed by atoms with Gasteiger partial charge in [0.1, 0.15) is 30.3 Å². The maximum Gasteiger partial charge on any atom is 0.250 e. The zero-order valence-electron chi connectivity index (χ0n) is 18.5. The highest BCUT2D eigenvalue weighted by Crippen LogP contribution is 2.32. The highest BCUT2D eigenvalue weighted by molar-refractivity contribution is 7.16. The van der Waals surface area contributed by atoms with Crippen molar-refractivity contribution in [1.29, 1.82) is 0 Å². The van der Waals surface area contributed by atoms with Crippen LogP contribution in [0.25, 0.3) is 21.1 Å². The average molecular weight is 472 g/mol. The molecular weight excluding hydrogens is 450 g/mol. The molecule has 1 amide bonds. The van der Waals surface area contributed by atoms with Crippen molar-refractivity contribution in [2.45, 2.75) is 6.92 Å². The average Bonchev–Trinajstić information content (AvgIpc) is 3.29. The second kappa shape index (κ2) is 9.42. The number of fused-ring (bicyclic) bond motifs is 2. The number of nitrogens with one attached hydrogen (secondary N) is 2. The molecule has 0 aliphatic carbocycles. The van der Waals surface area contributed by atoms with E-state index < -0.39 is 0 Å². The lowest BCUT2D eigenvalue weighted by atomic mass is 10.1. The zero-order valence-corrected chi connectivity index (χ0v) is 19.3. The number of carbonyl (C=O) groups excluding carboxylic acids is 1. The van der Waals surface area contributed by atoms with Gasteiger partial charge in [-0.1, -0.05) is 0 Å². The predicted molar refractivity (Wildman–Crippen MR) is 134 cm³/mol. The van der Waals surface area contributed by atoms with Crippen LogP contribution in [0.1, 0.15) is 5.56 Å². The summed E-state index contributed by atoms with van der Waals surface area (Å²) in [5.74, 6) is 1.91. The molecule has 0 unspecified atom stereocenters. The lowest BCUT2D eigenvalue weighted by Crippen LogP contribution is -2.17. The second-order valence-electron chi connectivity index (χ2n) is 7.62. The van der Waals surface area contributed by atoms with E-state index in [4.69, 9.17) is 9.47 Å². The van der Waals surface area contributed by atoms with Crippen molar-refractivity contribution >= 4 is 55.6 Å². The first-order chi connectivity index (χ1) is 16.6. The van der Waals surface area contributed by atoms with E-state index >= 15 is 0 Å². The summed E-state index contributed by atoms with van der Waals surface area (Å²) in [6, 6.07) is 17.2. The Morgan fingerprint density at radius 1 is 0.971 bits per heavy atom. The first-order valence-electron chi connectivity index (χ1n) is 10.5. The van der Waals surface area contributed by atoms with E-state index in [0.717, 1.165) is 43.9 Å². The van der Waals surface area contributed by atoms with Gasteiger partial charge in [-0.25, -0.2) is 15.0 Å². The Balaban J connectivity index is 1.37. The Morgan fingerprint density at radius 3 is 2.71 bits per heavy atom. The van der Waals surface area contributed by atoms with Gasteiger partial charge in [-0.3, -0.25) is 4.79 Å². The van der Waals surface area contributed by atoms with Crippen molar-refractivity contribution in [2.75, 3.05) is 24.4 Å². The Bertz CT molecular complexity index is 1500. The predicted octanol–water partition coefficient (Wildman–Crippen LogP) is 5.67. The lowest BCUT2D eigenvalue weighted by Gasteiger charge is -2.13. The number of benzene rings is 3. The van der Waals surface area contributed by atoms with Gasteiger partial charge in [0.15, 0.2) is 0 Å².